The van der Waals surface area contributed by atoms with Crippen LogP contribution >= 0.6 is 0 Å². The number of nitrogens with zero attached hydrogens (tertiary/aromatic N) is 3. The molecule has 1 aromatic carbocycles. The fraction of sp³-hybridized carbons (Fsp3) is 0.400. The van der Waals surface area contributed by atoms with Gasteiger partial charge in [0.05, 0.1) is 12.1 Å². The third-order valence-electron chi connectivity index (χ3n) is 4.93. The van der Waals surface area contributed by atoms with Gasteiger partial charge in [-0.1, -0.05) is 25.1 Å². The largest absolute Gasteiger partial charge is 0.390 e. The number of likely N-dealkylation sites (tertiary alicyclic amines) is 1. The summed E-state index contributed by atoms with van der Waals surface area (Å²) >= 11 is 0. The highest BCUT2D eigenvalue weighted by atomic mass is 16.3. The van der Waals surface area contributed by atoms with Crippen LogP contribution in [-0.4, -0.2) is 57.6 Å². The van der Waals surface area contributed by atoms with E-state index < -0.39 is 6.10 Å². The van der Waals surface area contributed by atoms with Crippen molar-refractivity contribution in [3.8, 4) is 0 Å². The topological polar surface area (TPSA) is 56.7 Å². The van der Waals surface area contributed by atoms with Crippen molar-refractivity contribution < 1.29 is 9.90 Å². The van der Waals surface area contributed by atoms with Gasteiger partial charge in [-0.15, -0.1) is 0 Å². The summed E-state index contributed by atoms with van der Waals surface area (Å²) in [5.74, 6) is -0.000357. The first-order valence-corrected chi connectivity index (χ1v) is 8.76. The molecular formula is C20H25N3O2. The average molecular weight is 339 g/mol. The van der Waals surface area contributed by atoms with Crippen LogP contribution in [0, 0.1) is 6.92 Å². The number of carbonyl (C=O) groups excluding carboxylic acids is 1. The summed E-state index contributed by atoms with van der Waals surface area (Å²) in [6.07, 6.45) is 3.03. The molecule has 0 bridgehead atoms. The summed E-state index contributed by atoms with van der Waals surface area (Å²) in [7, 11) is 0. The number of aromatic nitrogens is 1. The fourth-order valence-corrected chi connectivity index (χ4v) is 3.46. The van der Waals surface area contributed by atoms with Crippen molar-refractivity contribution in [2.24, 2.45) is 0 Å². The highest BCUT2D eigenvalue weighted by molar-refractivity contribution is 5.95. The average Bonchev–Trinajstić information content (AvgIpc) is 3.02. The Bertz CT molecular complexity index is 720. The molecule has 1 aliphatic heterocycles. The van der Waals surface area contributed by atoms with Gasteiger partial charge < -0.3 is 10.0 Å². The number of aliphatic hydroxyl groups excluding tert-OH is 1. The molecule has 2 heterocycles. The summed E-state index contributed by atoms with van der Waals surface area (Å²) in [6, 6.07) is 11.5. The van der Waals surface area contributed by atoms with Crippen LogP contribution in [0.5, 0.6) is 0 Å². The highest BCUT2D eigenvalue weighted by Gasteiger charge is 2.37. The lowest BCUT2D eigenvalue weighted by Crippen LogP contribution is -2.43. The Morgan fingerprint density at radius 2 is 1.96 bits per heavy atom. The molecule has 1 aliphatic rings. The van der Waals surface area contributed by atoms with E-state index >= 15 is 0 Å². The molecule has 5 nitrogen and oxygen atoms in total. The van der Waals surface area contributed by atoms with Gasteiger partial charge in [-0.25, -0.2) is 0 Å². The third kappa shape index (κ3) is 3.89. The van der Waals surface area contributed by atoms with Crippen molar-refractivity contribution in [1.82, 2.24) is 14.8 Å². The van der Waals surface area contributed by atoms with Crippen LogP contribution in [0.4, 0.5) is 0 Å². The maximum Gasteiger partial charge on any atom is 0.254 e. The number of carbonyl (C=O) groups is 1. The molecule has 132 valence electrons. The Hall–Kier alpha value is -2.24. The number of β-amino-alcohol motifs (C(OH)–C–C–N with tert-alkyl or cyclic N) is 1. The second kappa shape index (κ2) is 7.76. The summed E-state index contributed by atoms with van der Waals surface area (Å²) < 4.78 is 0. The molecule has 1 amide bonds. The number of aryl methyl sites for hydroxylation is 1. The van der Waals surface area contributed by atoms with Gasteiger partial charge in [0.25, 0.3) is 5.91 Å². The van der Waals surface area contributed by atoms with E-state index in [2.05, 4.69) is 16.8 Å². The monoisotopic (exact) mass is 339 g/mol. The maximum absolute atomic E-state index is 12.8. The molecule has 0 saturated carbocycles. The predicted octanol–water partition coefficient (Wildman–Crippen LogP) is 2.10. The molecule has 0 spiro atoms. The van der Waals surface area contributed by atoms with Crippen molar-refractivity contribution in [2.45, 2.75) is 32.5 Å². The standard InChI is InChI=1S/C20H25N3O2/c1-3-22(12-16-8-10-21-11-9-16)18-13-23(14-19(18)24)20(25)17-7-5-4-6-15(17)2/h4-11,18-19,24H,3,12-14H2,1-2H3/t18-,19-/m1/s1. The molecule has 0 radical (unpaired) electrons. The van der Waals surface area contributed by atoms with Crippen molar-refractivity contribution >= 4 is 5.91 Å². The third-order valence-corrected chi connectivity index (χ3v) is 4.93. The summed E-state index contributed by atoms with van der Waals surface area (Å²) in [6.45, 7) is 6.51. The van der Waals surface area contributed by atoms with Gasteiger partial charge in [0.2, 0.25) is 0 Å². The van der Waals surface area contributed by atoms with Gasteiger partial charge in [0.15, 0.2) is 0 Å². The lowest BCUT2D eigenvalue weighted by molar-refractivity contribution is 0.0757. The molecule has 2 atom stereocenters. The second-order valence-corrected chi connectivity index (χ2v) is 6.58. The second-order valence-electron chi connectivity index (χ2n) is 6.58. The molecule has 1 saturated heterocycles. The molecule has 0 aliphatic carbocycles. The van der Waals surface area contributed by atoms with Crippen LogP contribution in [0.2, 0.25) is 0 Å². The first-order chi connectivity index (χ1) is 12.1. The Kier molecular flexibility index (Phi) is 5.46. The van der Waals surface area contributed by atoms with Gasteiger partial charge in [0, 0.05) is 37.6 Å². The van der Waals surface area contributed by atoms with E-state index in [4.69, 9.17) is 0 Å². The van der Waals surface area contributed by atoms with Crippen LogP contribution in [0.25, 0.3) is 0 Å². The highest BCUT2D eigenvalue weighted by Crippen LogP contribution is 2.21. The zero-order valence-electron chi connectivity index (χ0n) is 14.8. The smallest absolute Gasteiger partial charge is 0.254 e. The number of aliphatic hydroxyl groups is 1. The number of likely N-dealkylation sites (N-methyl/N-ethyl adjacent to an activating group) is 1. The number of pyridine rings is 1. The normalized spacial score (nSPS) is 20.2. The Labute approximate surface area is 148 Å². The molecule has 5 heteroatoms. The Morgan fingerprint density at radius 1 is 1.24 bits per heavy atom. The first kappa shape index (κ1) is 17.6. The number of amides is 1. The van der Waals surface area contributed by atoms with Crippen molar-refractivity contribution in [1.29, 1.82) is 0 Å². The predicted molar refractivity (Wildman–Crippen MR) is 97.2 cm³/mol. The lowest BCUT2D eigenvalue weighted by Gasteiger charge is -2.29. The molecule has 1 aromatic heterocycles. The van der Waals surface area contributed by atoms with Gasteiger partial charge in [-0.2, -0.15) is 0 Å². The summed E-state index contributed by atoms with van der Waals surface area (Å²) in [4.78, 5) is 20.9. The molecule has 3 rings (SSSR count). The molecule has 0 unspecified atom stereocenters. The minimum Gasteiger partial charge on any atom is -0.390 e. The van der Waals surface area contributed by atoms with Crippen molar-refractivity contribution in [3.63, 3.8) is 0 Å². The van der Waals surface area contributed by atoms with Crippen LogP contribution in [0.15, 0.2) is 48.8 Å². The summed E-state index contributed by atoms with van der Waals surface area (Å²) in [5, 5.41) is 10.6. The van der Waals surface area contributed by atoms with E-state index in [9.17, 15) is 9.90 Å². The molecule has 1 N–H and O–H groups in total. The van der Waals surface area contributed by atoms with Gasteiger partial charge in [-0.3, -0.25) is 14.7 Å². The van der Waals surface area contributed by atoms with E-state index in [-0.39, 0.29) is 11.9 Å². The van der Waals surface area contributed by atoms with E-state index in [1.807, 2.05) is 43.3 Å². The lowest BCUT2D eigenvalue weighted by atomic mass is 10.1. The van der Waals surface area contributed by atoms with Gasteiger partial charge in [0.1, 0.15) is 0 Å². The molecule has 25 heavy (non-hydrogen) atoms. The van der Waals surface area contributed by atoms with E-state index in [1.165, 1.54) is 0 Å². The van der Waals surface area contributed by atoms with E-state index in [0.29, 0.717) is 18.7 Å². The first-order valence-electron chi connectivity index (χ1n) is 8.76. The molecular weight excluding hydrogens is 314 g/mol. The molecule has 1 fully saturated rings. The van der Waals surface area contributed by atoms with Gasteiger partial charge in [-0.05, 0) is 42.8 Å². The van der Waals surface area contributed by atoms with Crippen molar-refractivity contribution in [3.05, 3.63) is 65.5 Å². The van der Waals surface area contributed by atoms with Crippen LogP contribution in [-0.2, 0) is 6.54 Å². The van der Waals surface area contributed by atoms with Crippen LogP contribution in [0.1, 0.15) is 28.4 Å². The fourth-order valence-electron chi connectivity index (χ4n) is 3.46. The number of rotatable bonds is 5. The summed E-state index contributed by atoms with van der Waals surface area (Å²) in [5.41, 5.74) is 2.84. The minimum atomic E-state index is -0.533. The minimum absolute atomic E-state index is 0.000357. The van der Waals surface area contributed by atoms with Gasteiger partial charge >= 0.3 is 0 Å². The Morgan fingerprint density at radius 3 is 2.64 bits per heavy atom. The van der Waals surface area contributed by atoms with E-state index in [0.717, 1.165) is 24.2 Å². The number of benzene rings is 1. The zero-order chi connectivity index (χ0) is 17.8. The quantitative estimate of drug-likeness (QED) is 0.906. The van der Waals surface area contributed by atoms with Crippen molar-refractivity contribution in [2.75, 3.05) is 19.6 Å². The van der Waals surface area contributed by atoms with Crippen LogP contribution in [0.3, 0.4) is 0 Å². The SMILES string of the molecule is CCN(Cc1ccncc1)[C@@H]1CN(C(=O)c2ccccc2C)C[C@H]1O. The van der Waals surface area contributed by atoms with E-state index in [1.54, 1.807) is 17.3 Å². The Balaban J connectivity index is 1.72. The zero-order valence-corrected chi connectivity index (χ0v) is 14.8. The molecule has 2 aromatic rings. The maximum atomic E-state index is 12.8. The number of hydrogen-bond acceptors (Lipinski definition) is 4. The number of hydrogen-bond donors (Lipinski definition) is 1. The van der Waals surface area contributed by atoms with Crippen LogP contribution < -0.4 is 0 Å².